The van der Waals surface area contributed by atoms with Crippen LogP contribution in [0.5, 0.6) is 0 Å². The van der Waals surface area contributed by atoms with Crippen molar-refractivity contribution in [2.75, 3.05) is 0 Å². The Kier molecular flexibility index (Phi) is 36.0. The Morgan fingerprint density at radius 3 is 0.767 bits per heavy atom. The molecule has 12 rings (SSSR count). The van der Waals surface area contributed by atoms with Crippen molar-refractivity contribution in [1.29, 1.82) is 0 Å². The molecule has 0 N–H and O–H groups in total. The Labute approximate surface area is 541 Å². The van der Waals surface area contributed by atoms with E-state index in [1.165, 1.54) is 5.39 Å². The van der Waals surface area contributed by atoms with Gasteiger partial charge in [-0.05, 0) is 123 Å². The van der Waals surface area contributed by atoms with Gasteiger partial charge in [0.2, 0.25) is 0 Å². The van der Waals surface area contributed by atoms with E-state index in [4.69, 9.17) is 0 Å². The largest absolute Gasteiger partial charge is 0.256 e. The summed E-state index contributed by atoms with van der Waals surface area (Å²) in [5.74, 6) is 0. The van der Waals surface area contributed by atoms with Gasteiger partial charge >= 0.3 is 0 Å². The van der Waals surface area contributed by atoms with Crippen LogP contribution in [-0.4, -0.2) is 59.8 Å². The van der Waals surface area contributed by atoms with Gasteiger partial charge in [0.1, 0.15) is 11.8 Å². The predicted octanol–water partition coefficient (Wildman–Crippen LogP) is 22.1. The van der Waals surface area contributed by atoms with Crippen LogP contribution in [0.4, 0.5) is 0 Å². The number of nitrogens with zero attached hydrogens (tertiary/aromatic N) is 12. The van der Waals surface area contributed by atoms with E-state index in [0.29, 0.717) is 38.1 Å². The Morgan fingerprint density at radius 1 is 0.189 bits per heavy atom. The van der Waals surface area contributed by atoms with Gasteiger partial charge in [0.05, 0.1) is 33.1 Å². The van der Waals surface area contributed by atoms with Crippen LogP contribution in [0, 0.1) is 32.5 Å². The van der Waals surface area contributed by atoms with E-state index in [0.717, 1.165) is 55.0 Å². The second-order valence-electron chi connectivity index (χ2n) is 30.3. The first-order chi connectivity index (χ1) is 41.8. The molecule has 480 valence electrons. The van der Waals surface area contributed by atoms with Crippen LogP contribution in [0.3, 0.4) is 0 Å². The fourth-order valence-corrected chi connectivity index (χ4v) is 5.47. The van der Waals surface area contributed by atoms with Crippen molar-refractivity contribution in [3.63, 3.8) is 0 Å². The van der Waals surface area contributed by atoms with Gasteiger partial charge in [-0.3, -0.25) is 29.9 Å². The molecule has 12 heteroatoms. The molecule has 9 aromatic heterocycles. The minimum Gasteiger partial charge on any atom is -0.256 e. The molecule has 0 spiro atoms. The lowest BCUT2D eigenvalue weighted by Crippen LogP contribution is -1.93. The van der Waals surface area contributed by atoms with Crippen LogP contribution < -0.4 is 0 Å². The van der Waals surface area contributed by atoms with Crippen LogP contribution in [0.2, 0.25) is 0 Å². The van der Waals surface area contributed by atoms with E-state index in [1.807, 2.05) is 146 Å². The summed E-state index contributed by atoms with van der Waals surface area (Å²) in [6, 6.07) is 47.0. The molecule has 0 radical (unpaired) electrons. The Morgan fingerprint density at radius 2 is 0.411 bits per heavy atom. The zero-order chi connectivity index (χ0) is 67.9. The molecule has 12 nitrogen and oxygen atoms in total. The third kappa shape index (κ3) is 49.4. The highest BCUT2D eigenvalue weighted by molar-refractivity contribution is 5.78. The molecule has 0 saturated carbocycles. The lowest BCUT2D eigenvalue weighted by Gasteiger charge is -2.05. The molecule has 0 unspecified atom stereocenters. The lowest BCUT2D eigenvalue weighted by atomic mass is 10.0. The maximum atomic E-state index is 4.18. The van der Waals surface area contributed by atoms with E-state index in [-0.39, 0.29) is 0 Å². The van der Waals surface area contributed by atoms with Crippen LogP contribution in [0.15, 0.2) is 220 Å². The molecule has 0 amide bonds. The SMILES string of the molecule is CC(C)(C)C.CC(C)(C)C.CC(C)(C)C.CC(C)(C)C.CC(C)(C)C.CC(C)(C)C.c1ccc2ncccc2c1.c1ccc2nccnc2c1.c1ccc2ncncc2c1.c1cnc2cccnc2c1.c1cnc2ncccc2c1.c1cnc2nccnc2c1. The first kappa shape index (κ1) is 79.4. The minimum atomic E-state index is 0.500. The molecule has 90 heavy (non-hydrogen) atoms. The summed E-state index contributed by atoms with van der Waals surface area (Å²) in [4.78, 5) is 48.8. The van der Waals surface area contributed by atoms with E-state index in [9.17, 15) is 0 Å². The highest BCUT2D eigenvalue weighted by Crippen LogP contribution is 2.13. The quantitative estimate of drug-likeness (QED) is 0.142. The Balaban J connectivity index is 0.000000498. The second kappa shape index (κ2) is 40.8. The molecule has 0 saturated heterocycles. The first-order valence-corrected chi connectivity index (χ1v) is 30.7. The zero-order valence-electron chi connectivity index (χ0n) is 59.2. The number of hydrogen-bond acceptors (Lipinski definition) is 12. The van der Waals surface area contributed by atoms with Crippen LogP contribution >= 0.6 is 0 Å². The Hall–Kier alpha value is -8.64. The fourth-order valence-electron chi connectivity index (χ4n) is 5.47. The van der Waals surface area contributed by atoms with Crippen molar-refractivity contribution in [2.45, 2.75) is 166 Å². The molecule has 0 aliphatic rings. The first-order valence-electron chi connectivity index (χ1n) is 30.7. The van der Waals surface area contributed by atoms with Gasteiger partial charge in [0, 0.05) is 84.3 Å². The molecule has 3 aromatic carbocycles. The lowest BCUT2D eigenvalue weighted by molar-refractivity contribution is 0.469. The molecule has 9 heterocycles. The summed E-state index contributed by atoms with van der Waals surface area (Å²) in [6.45, 7) is 52.5. The third-order valence-corrected chi connectivity index (χ3v) is 8.29. The molecule has 0 fully saturated rings. The zero-order valence-corrected chi connectivity index (χ0v) is 59.2. The highest BCUT2D eigenvalue weighted by atomic mass is 14.9. The van der Waals surface area contributed by atoms with Crippen molar-refractivity contribution in [3.05, 3.63) is 220 Å². The van der Waals surface area contributed by atoms with Crippen molar-refractivity contribution in [1.82, 2.24) is 59.8 Å². The number of hydrogen-bond donors (Lipinski definition) is 0. The summed E-state index contributed by atoms with van der Waals surface area (Å²) in [6.07, 6.45) is 20.6. The predicted molar refractivity (Wildman–Crippen MR) is 388 cm³/mol. The minimum absolute atomic E-state index is 0.500. The molecule has 0 aliphatic carbocycles. The van der Waals surface area contributed by atoms with Crippen molar-refractivity contribution in [3.8, 4) is 0 Å². The molecule has 12 aromatic rings. The molecular formula is C78H108N12. The second-order valence-corrected chi connectivity index (χ2v) is 30.3. The summed E-state index contributed by atoms with van der Waals surface area (Å²) >= 11 is 0. The average molecular weight is 1210 g/mol. The van der Waals surface area contributed by atoms with E-state index in [2.05, 4.69) is 238 Å². The maximum Gasteiger partial charge on any atom is 0.178 e. The Bertz CT molecular complexity index is 2710. The molecule has 0 atom stereocenters. The topological polar surface area (TPSA) is 155 Å². The number of pyridine rings is 6. The number of benzene rings is 3. The summed E-state index contributed by atoms with van der Waals surface area (Å²) in [7, 11) is 0. The third-order valence-electron chi connectivity index (χ3n) is 8.29. The summed E-state index contributed by atoms with van der Waals surface area (Å²) < 4.78 is 0. The van der Waals surface area contributed by atoms with Gasteiger partial charge in [0.15, 0.2) is 11.3 Å². The standard InChI is InChI=1S/C9H7N.4C8H6N2.C7H5N3.6C5H12/c1-2-6-9-8(4-1)5-3-7-10-9;1-3-7-8(9-5-1)4-2-6-10-7;1-3-7-4-2-6-10-8(7)9-5-1;1-2-4-8-7(3-1)5-9-6-10-8;1-2-4-8-7(3-1)9-5-6-10-8;1-2-6-7(9-3-1)10-5-4-8-6;6*1-5(2,3)4/h1-7H;4*1-6H;1-5H;6*1-4H3. The summed E-state index contributed by atoms with van der Waals surface area (Å²) in [5, 5.41) is 3.38. The van der Waals surface area contributed by atoms with Gasteiger partial charge in [-0.1, -0.05) is 221 Å². The molecule has 0 aliphatic heterocycles. The average Bonchev–Trinajstić information content (AvgIpc) is 3.65. The van der Waals surface area contributed by atoms with Crippen molar-refractivity contribution in [2.24, 2.45) is 32.5 Å². The fraction of sp³-hybridized carbons (Fsp3) is 0.385. The highest BCUT2D eigenvalue weighted by Gasteiger charge is 1.99. The van der Waals surface area contributed by atoms with Gasteiger partial charge in [-0.25, -0.2) is 29.9 Å². The van der Waals surface area contributed by atoms with Crippen molar-refractivity contribution < 1.29 is 0 Å². The smallest absolute Gasteiger partial charge is 0.178 e. The number of rotatable bonds is 0. The van der Waals surface area contributed by atoms with E-state index in [1.54, 1.807) is 62.1 Å². The monoisotopic (exact) mass is 1210 g/mol. The summed E-state index contributed by atoms with van der Waals surface area (Å²) in [5.41, 5.74) is 11.2. The molecule has 0 bridgehead atoms. The van der Waals surface area contributed by atoms with Crippen molar-refractivity contribution >= 4 is 66.1 Å². The van der Waals surface area contributed by atoms with Gasteiger partial charge in [-0.15, -0.1) is 0 Å². The van der Waals surface area contributed by atoms with Gasteiger partial charge in [0.25, 0.3) is 0 Å². The number of aromatic nitrogens is 12. The van der Waals surface area contributed by atoms with Gasteiger partial charge < -0.3 is 0 Å². The van der Waals surface area contributed by atoms with E-state index >= 15 is 0 Å². The molecular weight excluding hydrogens is 1100 g/mol. The van der Waals surface area contributed by atoms with Crippen LogP contribution in [0.1, 0.15) is 166 Å². The number of fused-ring (bicyclic) bond motifs is 6. The normalized spacial score (nSPS) is 10.7. The van der Waals surface area contributed by atoms with Crippen LogP contribution in [-0.2, 0) is 0 Å². The van der Waals surface area contributed by atoms with Gasteiger partial charge in [-0.2, -0.15) is 0 Å². The van der Waals surface area contributed by atoms with Crippen LogP contribution in [0.25, 0.3) is 66.1 Å². The van der Waals surface area contributed by atoms with E-state index < -0.39 is 0 Å². The number of para-hydroxylation sites is 4. The maximum absolute atomic E-state index is 4.18.